The molecule has 0 aliphatic rings. The fourth-order valence-electron chi connectivity index (χ4n) is 2.57. The van der Waals surface area contributed by atoms with E-state index in [2.05, 4.69) is 10.2 Å². The summed E-state index contributed by atoms with van der Waals surface area (Å²) < 4.78 is 8.50. The van der Waals surface area contributed by atoms with Gasteiger partial charge in [0.05, 0.1) is 22.9 Å². The second-order valence-corrected chi connectivity index (χ2v) is 6.45. The third-order valence-electron chi connectivity index (χ3n) is 3.49. The minimum absolute atomic E-state index is 0.115. The van der Waals surface area contributed by atoms with Crippen LogP contribution < -0.4 is 5.56 Å². The summed E-state index contributed by atoms with van der Waals surface area (Å²) in [6.07, 6.45) is -0.161. The van der Waals surface area contributed by atoms with Crippen molar-refractivity contribution in [3.8, 4) is 0 Å². The third-order valence-corrected chi connectivity index (χ3v) is 4.39. The largest absolute Gasteiger partial charge is 0.462 e. The first-order valence-electron chi connectivity index (χ1n) is 7.72. The van der Waals surface area contributed by atoms with E-state index in [1.165, 1.54) is 11.8 Å². The Hall–Kier alpha value is -2.35. The van der Waals surface area contributed by atoms with Gasteiger partial charge in [-0.2, -0.15) is 0 Å². The Morgan fingerprint density at radius 2 is 1.96 bits per heavy atom. The van der Waals surface area contributed by atoms with Gasteiger partial charge < -0.3 is 9.30 Å². The lowest BCUT2D eigenvalue weighted by Crippen LogP contribution is -2.22. The fraction of sp³-hybridized carbons (Fsp3) is 0.375. The molecular weight excluding hydrogens is 328 g/mol. The van der Waals surface area contributed by atoms with Gasteiger partial charge in [0, 0.05) is 6.54 Å². The number of rotatable bonds is 5. The SMILES string of the molecule is CCn1c(=O)c2nnc(SCC(=O)OC(C)C)n2c2ccccc21. The van der Waals surface area contributed by atoms with Gasteiger partial charge in [-0.1, -0.05) is 23.9 Å². The first-order chi connectivity index (χ1) is 11.5. The molecule has 0 aliphatic heterocycles. The number of fused-ring (bicyclic) bond motifs is 3. The third kappa shape index (κ3) is 2.89. The van der Waals surface area contributed by atoms with Crippen molar-refractivity contribution < 1.29 is 9.53 Å². The Morgan fingerprint density at radius 3 is 2.62 bits per heavy atom. The molecule has 126 valence electrons. The van der Waals surface area contributed by atoms with Gasteiger partial charge in [0.15, 0.2) is 5.16 Å². The van der Waals surface area contributed by atoms with Crippen molar-refractivity contribution in [3.63, 3.8) is 0 Å². The van der Waals surface area contributed by atoms with Crippen LogP contribution in [0.25, 0.3) is 16.7 Å². The number of carbonyl (C=O) groups excluding carboxylic acids is 1. The molecule has 24 heavy (non-hydrogen) atoms. The molecule has 0 amide bonds. The quantitative estimate of drug-likeness (QED) is 0.520. The summed E-state index contributed by atoms with van der Waals surface area (Å²) in [7, 11) is 0. The number of esters is 1. The number of benzene rings is 1. The summed E-state index contributed by atoms with van der Waals surface area (Å²) in [5.74, 6) is -0.206. The Bertz CT molecular complexity index is 961. The van der Waals surface area contributed by atoms with E-state index in [1.54, 1.807) is 22.8 Å². The van der Waals surface area contributed by atoms with Gasteiger partial charge >= 0.3 is 5.97 Å². The zero-order chi connectivity index (χ0) is 17.3. The molecule has 7 nitrogen and oxygen atoms in total. The minimum Gasteiger partial charge on any atom is -0.462 e. The molecule has 0 saturated heterocycles. The maximum absolute atomic E-state index is 12.6. The summed E-state index contributed by atoms with van der Waals surface area (Å²) in [5.41, 5.74) is 1.71. The average molecular weight is 346 g/mol. The fourth-order valence-corrected chi connectivity index (χ4v) is 3.29. The smallest absolute Gasteiger partial charge is 0.316 e. The van der Waals surface area contributed by atoms with Gasteiger partial charge in [-0.25, -0.2) is 0 Å². The standard InChI is InChI=1S/C16H18N4O3S/c1-4-19-11-7-5-6-8-12(11)20-14(15(19)22)17-18-16(20)24-9-13(21)23-10(2)3/h5-8,10H,4,9H2,1-3H3. The summed E-state index contributed by atoms with van der Waals surface area (Å²) in [6, 6.07) is 7.58. The molecular formula is C16H18N4O3S. The first kappa shape index (κ1) is 16.5. The number of aryl methyl sites for hydroxylation is 1. The number of hydrogen-bond donors (Lipinski definition) is 0. The lowest BCUT2D eigenvalue weighted by molar-refractivity contribution is -0.144. The Morgan fingerprint density at radius 1 is 1.25 bits per heavy atom. The molecule has 0 saturated carbocycles. The van der Waals surface area contributed by atoms with Crippen LogP contribution in [0, 0.1) is 0 Å². The molecule has 0 aliphatic carbocycles. The number of hydrogen-bond acceptors (Lipinski definition) is 6. The summed E-state index contributed by atoms with van der Waals surface area (Å²) in [4.78, 5) is 24.4. The monoisotopic (exact) mass is 346 g/mol. The zero-order valence-electron chi connectivity index (χ0n) is 13.7. The Kier molecular flexibility index (Phi) is 4.57. The number of para-hydroxylation sites is 2. The number of ether oxygens (including phenoxy) is 1. The van der Waals surface area contributed by atoms with Crippen molar-refractivity contribution in [2.24, 2.45) is 0 Å². The molecule has 3 rings (SSSR count). The lowest BCUT2D eigenvalue weighted by Gasteiger charge is -2.10. The minimum atomic E-state index is -0.321. The summed E-state index contributed by atoms with van der Waals surface area (Å²) in [6.45, 7) is 6.07. The highest BCUT2D eigenvalue weighted by atomic mass is 32.2. The van der Waals surface area contributed by atoms with Crippen LogP contribution in [-0.2, 0) is 16.1 Å². The van der Waals surface area contributed by atoms with E-state index in [1.807, 2.05) is 31.2 Å². The van der Waals surface area contributed by atoms with Gasteiger partial charge in [-0.15, -0.1) is 10.2 Å². The number of thioether (sulfide) groups is 1. The van der Waals surface area contributed by atoms with Crippen LogP contribution in [0.1, 0.15) is 20.8 Å². The zero-order valence-corrected chi connectivity index (χ0v) is 14.5. The molecule has 8 heteroatoms. The topological polar surface area (TPSA) is 78.5 Å². The second kappa shape index (κ2) is 6.64. The molecule has 0 unspecified atom stereocenters. The van der Waals surface area contributed by atoms with E-state index in [9.17, 15) is 9.59 Å². The summed E-state index contributed by atoms with van der Waals surface area (Å²) >= 11 is 1.21. The highest BCUT2D eigenvalue weighted by Crippen LogP contribution is 2.21. The predicted molar refractivity (Wildman–Crippen MR) is 92.4 cm³/mol. The van der Waals surface area contributed by atoms with Crippen molar-refractivity contribution in [2.45, 2.75) is 38.6 Å². The normalized spacial score (nSPS) is 11.5. The maximum atomic E-state index is 12.6. The van der Waals surface area contributed by atoms with Crippen molar-refractivity contribution in [1.82, 2.24) is 19.2 Å². The maximum Gasteiger partial charge on any atom is 0.316 e. The van der Waals surface area contributed by atoms with Crippen LogP contribution in [0.5, 0.6) is 0 Å². The van der Waals surface area contributed by atoms with Crippen LogP contribution >= 0.6 is 11.8 Å². The molecule has 0 atom stereocenters. The molecule has 0 spiro atoms. The second-order valence-electron chi connectivity index (χ2n) is 5.51. The number of aromatic nitrogens is 4. The van der Waals surface area contributed by atoms with Crippen LogP contribution in [0.2, 0.25) is 0 Å². The van der Waals surface area contributed by atoms with Gasteiger partial charge in [0.2, 0.25) is 5.65 Å². The summed E-state index contributed by atoms with van der Waals surface area (Å²) in [5, 5.41) is 8.61. The van der Waals surface area contributed by atoms with E-state index >= 15 is 0 Å². The van der Waals surface area contributed by atoms with Crippen molar-refractivity contribution in [2.75, 3.05) is 5.75 Å². The van der Waals surface area contributed by atoms with Crippen molar-refractivity contribution in [1.29, 1.82) is 0 Å². The molecule has 0 fully saturated rings. The number of nitrogens with zero attached hydrogens (tertiary/aromatic N) is 4. The van der Waals surface area contributed by atoms with Crippen LogP contribution in [0.15, 0.2) is 34.2 Å². The van der Waals surface area contributed by atoms with Gasteiger partial charge in [-0.05, 0) is 32.9 Å². The lowest BCUT2D eigenvalue weighted by atomic mass is 10.3. The van der Waals surface area contributed by atoms with E-state index in [0.717, 1.165) is 11.0 Å². The molecule has 0 N–H and O–H groups in total. The predicted octanol–water partition coefficient (Wildman–Crippen LogP) is 2.11. The van der Waals surface area contributed by atoms with E-state index in [4.69, 9.17) is 4.74 Å². The van der Waals surface area contributed by atoms with Crippen LogP contribution in [0.4, 0.5) is 0 Å². The molecule has 0 radical (unpaired) electrons. The van der Waals surface area contributed by atoms with Crippen molar-refractivity contribution >= 4 is 34.4 Å². The number of carbonyl (C=O) groups is 1. The van der Waals surface area contributed by atoms with Gasteiger partial charge in [-0.3, -0.25) is 14.0 Å². The molecule has 3 aromatic rings. The van der Waals surface area contributed by atoms with Crippen LogP contribution in [-0.4, -0.2) is 37.0 Å². The molecule has 1 aromatic carbocycles. The molecule has 2 heterocycles. The van der Waals surface area contributed by atoms with Crippen LogP contribution in [0.3, 0.4) is 0 Å². The van der Waals surface area contributed by atoms with Gasteiger partial charge in [0.25, 0.3) is 5.56 Å². The highest BCUT2D eigenvalue weighted by molar-refractivity contribution is 7.99. The van der Waals surface area contributed by atoms with E-state index in [-0.39, 0.29) is 29.0 Å². The molecule has 0 bridgehead atoms. The first-order valence-corrected chi connectivity index (χ1v) is 8.70. The molecule has 2 aromatic heterocycles. The van der Waals surface area contributed by atoms with Gasteiger partial charge in [0.1, 0.15) is 0 Å². The van der Waals surface area contributed by atoms with E-state index in [0.29, 0.717) is 11.7 Å². The van der Waals surface area contributed by atoms with Crippen molar-refractivity contribution in [3.05, 3.63) is 34.6 Å². The van der Waals surface area contributed by atoms with E-state index < -0.39 is 0 Å². The average Bonchev–Trinajstić information content (AvgIpc) is 2.97. The Balaban J connectivity index is 2.08. The Labute approximate surface area is 142 Å². The highest BCUT2D eigenvalue weighted by Gasteiger charge is 2.17.